The first-order chi connectivity index (χ1) is 8.15. The summed E-state index contributed by atoms with van der Waals surface area (Å²) in [7, 11) is 0. The van der Waals surface area contributed by atoms with E-state index in [1.807, 2.05) is 0 Å². The summed E-state index contributed by atoms with van der Waals surface area (Å²) in [5.74, 6) is 2.10. The highest BCUT2D eigenvalue weighted by Crippen LogP contribution is 2.28. The van der Waals surface area contributed by atoms with Gasteiger partial charge in [-0.25, -0.2) is 4.98 Å². The largest absolute Gasteiger partial charge is 0.360 e. The number of nitrogens with one attached hydrogen (secondary N) is 1. The molecule has 1 heterocycles. The summed E-state index contributed by atoms with van der Waals surface area (Å²) in [6.45, 7) is 5.25. The first kappa shape index (κ1) is 13.1. The second kappa shape index (κ2) is 6.01. The van der Waals surface area contributed by atoms with E-state index in [9.17, 15) is 0 Å². The van der Waals surface area contributed by atoms with Gasteiger partial charge in [0.1, 0.15) is 5.82 Å². The number of hydrogen-bond donors (Lipinski definition) is 1. The Bertz CT molecular complexity index is 345. The third kappa shape index (κ3) is 3.81. The highest BCUT2D eigenvalue weighted by atomic mass is 35.5. The first-order valence-corrected chi connectivity index (χ1v) is 7.57. The minimum Gasteiger partial charge on any atom is -0.360 e. The van der Waals surface area contributed by atoms with Gasteiger partial charge in [0, 0.05) is 29.4 Å². The monoisotopic (exact) mass is 273 g/mol. The van der Waals surface area contributed by atoms with Crippen LogP contribution in [0.1, 0.15) is 51.3 Å². The highest BCUT2D eigenvalue weighted by molar-refractivity contribution is 7.09. The van der Waals surface area contributed by atoms with Crippen molar-refractivity contribution < 1.29 is 0 Å². The van der Waals surface area contributed by atoms with Crippen molar-refractivity contribution in [2.24, 2.45) is 5.92 Å². The van der Waals surface area contributed by atoms with Crippen molar-refractivity contribution in [1.82, 2.24) is 9.36 Å². The average molecular weight is 274 g/mol. The van der Waals surface area contributed by atoms with Crippen LogP contribution in [-0.4, -0.2) is 21.3 Å². The molecule has 96 valence electrons. The summed E-state index contributed by atoms with van der Waals surface area (Å²) in [4.78, 5) is 4.48. The molecule has 0 atom stereocenters. The van der Waals surface area contributed by atoms with E-state index in [0.29, 0.717) is 11.3 Å². The summed E-state index contributed by atoms with van der Waals surface area (Å²) in [6.07, 6.45) is 4.77. The lowest BCUT2D eigenvalue weighted by molar-refractivity contribution is 0.378. The van der Waals surface area contributed by atoms with Crippen LogP contribution in [0.4, 0.5) is 5.13 Å². The van der Waals surface area contributed by atoms with Crippen molar-refractivity contribution >= 4 is 28.3 Å². The van der Waals surface area contributed by atoms with E-state index in [4.69, 9.17) is 11.6 Å². The fraction of sp³-hybridized carbons (Fsp3) is 0.833. The Kier molecular flexibility index (Phi) is 4.62. The van der Waals surface area contributed by atoms with Gasteiger partial charge in [-0.15, -0.1) is 11.6 Å². The van der Waals surface area contributed by atoms with Crippen molar-refractivity contribution in [3.05, 3.63) is 5.82 Å². The van der Waals surface area contributed by atoms with Gasteiger partial charge >= 0.3 is 0 Å². The van der Waals surface area contributed by atoms with Crippen LogP contribution in [0.25, 0.3) is 0 Å². The van der Waals surface area contributed by atoms with E-state index in [1.54, 1.807) is 0 Å². The summed E-state index contributed by atoms with van der Waals surface area (Å²) in [6, 6.07) is 0. The predicted molar refractivity (Wildman–Crippen MR) is 74.1 cm³/mol. The summed E-state index contributed by atoms with van der Waals surface area (Å²) < 4.78 is 4.34. The molecule has 5 heteroatoms. The zero-order chi connectivity index (χ0) is 12.3. The standard InChI is InChI=1S/C12H20ClN3S/c1-8(2)11-15-12(17-16-11)14-7-9-3-5-10(13)6-4-9/h8-10H,3-7H2,1-2H3,(H,14,15,16). The summed E-state index contributed by atoms with van der Waals surface area (Å²) in [5, 5.41) is 4.77. The van der Waals surface area contributed by atoms with Gasteiger partial charge in [0.25, 0.3) is 0 Å². The number of aromatic nitrogens is 2. The van der Waals surface area contributed by atoms with E-state index >= 15 is 0 Å². The van der Waals surface area contributed by atoms with Crippen LogP contribution >= 0.6 is 23.1 Å². The quantitative estimate of drug-likeness (QED) is 0.847. The SMILES string of the molecule is CC(C)c1nsc(NCC2CCC(Cl)CC2)n1. The van der Waals surface area contributed by atoms with Crippen molar-refractivity contribution in [3.63, 3.8) is 0 Å². The third-order valence-electron chi connectivity index (χ3n) is 3.28. The van der Waals surface area contributed by atoms with Gasteiger partial charge in [-0.1, -0.05) is 13.8 Å². The number of hydrogen-bond acceptors (Lipinski definition) is 4. The van der Waals surface area contributed by atoms with E-state index in [-0.39, 0.29) is 0 Å². The molecule has 2 rings (SSSR count). The predicted octanol–water partition coefficient (Wildman–Crippen LogP) is 3.87. The first-order valence-electron chi connectivity index (χ1n) is 6.36. The molecule has 0 amide bonds. The van der Waals surface area contributed by atoms with E-state index < -0.39 is 0 Å². The molecule has 17 heavy (non-hydrogen) atoms. The molecule has 0 spiro atoms. The van der Waals surface area contributed by atoms with Gasteiger partial charge in [0.15, 0.2) is 0 Å². The maximum Gasteiger partial charge on any atom is 0.202 e. The number of halogens is 1. The van der Waals surface area contributed by atoms with Crippen LogP contribution in [-0.2, 0) is 0 Å². The van der Waals surface area contributed by atoms with Crippen molar-refractivity contribution in [1.29, 1.82) is 0 Å². The van der Waals surface area contributed by atoms with E-state index in [1.165, 1.54) is 24.4 Å². The van der Waals surface area contributed by atoms with Gasteiger partial charge in [-0.2, -0.15) is 4.37 Å². The molecule has 1 aliphatic carbocycles. The second-order valence-electron chi connectivity index (χ2n) is 5.11. The fourth-order valence-corrected chi connectivity index (χ4v) is 3.06. The van der Waals surface area contributed by atoms with Gasteiger partial charge in [-0.05, 0) is 31.6 Å². The molecule has 0 aliphatic heterocycles. The maximum atomic E-state index is 6.10. The minimum atomic E-state index is 0.403. The highest BCUT2D eigenvalue weighted by Gasteiger charge is 2.19. The molecule has 0 saturated heterocycles. The number of nitrogens with zero attached hydrogens (tertiary/aromatic N) is 2. The van der Waals surface area contributed by atoms with Gasteiger partial charge in [0.05, 0.1) is 0 Å². The minimum absolute atomic E-state index is 0.403. The van der Waals surface area contributed by atoms with Crippen LogP contribution in [0, 0.1) is 5.92 Å². The molecule has 0 radical (unpaired) electrons. The molecule has 0 unspecified atom stereocenters. The van der Waals surface area contributed by atoms with Crippen molar-refractivity contribution in [3.8, 4) is 0 Å². The third-order valence-corrected chi connectivity index (χ3v) is 4.40. The van der Waals surface area contributed by atoms with Gasteiger partial charge in [-0.3, -0.25) is 0 Å². The van der Waals surface area contributed by atoms with Crippen LogP contribution in [0.2, 0.25) is 0 Å². The molecular weight excluding hydrogens is 254 g/mol. The van der Waals surface area contributed by atoms with Crippen molar-refractivity contribution in [2.75, 3.05) is 11.9 Å². The lowest BCUT2D eigenvalue weighted by atomic mass is 9.89. The lowest BCUT2D eigenvalue weighted by Crippen LogP contribution is -2.21. The number of rotatable bonds is 4. The summed E-state index contributed by atoms with van der Waals surface area (Å²) >= 11 is 7.57. The Morgan fingerprint density at radius 2 is 2.06 bits per heavy atom. The van der Waals surface area contributed by atoms with Crippen LogP contribution in [0.5, 0.6) is 0 Å². The molecule has 1 fully saturated rings. The molecule has 1 aliphatic rings. The zero-order valence-corrected chi connectivity index (χ0v) is 12.0. The molecule has 1 aromatic heterocycles. The Morgan fingerprint density at radius 3 is 2.65 bits per heavy atom. The molecular formula is C12H20ClN3S. The molecule has 1 aromatic rings. The van der Waals surface area contributed by atoms with Crippen LogP contribution in [0.3, 0.4) is 0 Å². The Labute approximate surface area is 112 Å². The van der Waals surface area contributed by atoms with Crippen molar-refractivity contribution in [2.45, 2.75) is 50.8 Å². The summed E-state index contributed by atoms with van der Waals surface area (Å²) in [5.41, 5.74) is 0. The normalized spacial score (nSPS) is 25.2. The molecule has 0 bridgehead atoms. The zero-order valence-electron chi connectivity index (χ0n) is 10.4. The molecule has 1 saturated carbocycles. The van der Waals surface area contributed by atoms with E-state index in [0.717, 1.165) is 36.3 Å². The fourth-order valence-electron chi connectivity index (χ4n) is 2.10. The van der Waals surface area contributed by atoms with Crippen LogP contribution < -0.4 is 5.32 Å². The second-order valence-corrected chi connectivity index (χ2v) is 6.48. The van der Waals surface area contributed by atoms with Gasteiger partial charge in [0.2, 0.25) is 5.13 Å². The Balaban J connectivity index is 1.77. The smallest absolute Gasteiger partial charge is 0.202 e. The topological polar surface area (TPSA) is 37.8 Å². The Hall–Kier alpha value is -0.350. The Morgan fingerprint density at radius 1 is 1.35 bits per heavy atom. The maximum absolute atomic E-state index is 6.10. The molecule has 1 N–H and O–H groups in total. The van der Waals surface area contributed by atoms with Crippen LogP contribution in [0.15, 0.2) is 0 Å². The number of alkyl halides is 1. The average Bonchev–Trinajstić information content (AvgIpc) is 2.77. The van der Waals surface area contributed by atoms with Gasteiger partial charge < -0.3 is 5.32 Å². The number of anilines is 1. The lowest BCUT2D eigenvalue weighted by Gasteiger charge is -2.24. The molecule has 3 nitrogen and oxygen atoms in total. The van der Waals surface area contributed by atoms with E-state index in [2.05, 4.69) is 28.5 Å². The molecule has 0 aromatic carbocycles.